The van der Waals surface area contributed by atoms with Crippen LogP contribution in [0, 0.1) is 5.92 Å². The Morgan fingerprint density at radius 1 is 1.80 bits per heavy atom. The quantitative estimate of drug-likeness (QED) is 0.510. The van der Waals surface area contributed by atoms with Gasteiger partial charge in [-0.2, -0.15) is 0 Å². The van der Waals surface area contributed by atoms with Crippen molar-refractivity contribution in [2.75, 3.05) is 13.6 Å². The summed E-state index contributed by atoms with van der Waals surface area (Å²) in [6.07, 6.45) is 2.05. The topological polar surface area (TPSA) is 37.4 Å². The van der Waals surface area contributed by atoms with Crippen LogP contribution in [0.3, 0.4) is 0 Å². The maximum atomic E-state index is 11.1. The van der Waals surface area contributed by atoms with Gasteiger partial charge in [0, 0.05) is 25.9 Å². The third-order valence-corrected chi connectivity index (χ3v) is 1.92. The van der Waals surface area contributed by atoms with E-state index < -0.39 is 0 Å². The highest BCUT2D eigenvalue weighted by Crippen LogP contribution is 2.17. The number of carbonyl (C=O) groups is 2. The second-order valence-corrected chi connectivity index (χ2v) is 2.65. The van der Waals surface area contributed by atoms with Crippen LogP contribution < -0.4 is 0 Å². The first kappa shape index (κ1) is 7.25. The summed E-state index contributed by atoms with van der Waals surface area (Å²) in [4.78, 5) is 22.8. The Morgan fingerprint density at radius 2 is 2.50 bits per heavy atom. The fourth-order valence-corrected chi connectivity index (χ4v) is 1.23. The summed E-state index contributed by atoms with van der Waals surface area (Å²) in [6.45, 7) is 0.803. The molecule has 0 aliphatic carbocycles. The molecule has 1 amide bonds. The van der Waals surface area contributed by atoms with Gasteiger partial charge in [-0.05, 0) is 6.42 Å². The smallest absolute Gasteiger partial charge is 0.225 e. The van der Waals surface area contributed by atoms with E-state index in [-0.39, 0.29) is 11.8 Å². The highest BCUT2D eigenvalue weighted by atomic mass is 16.2. The molecule has 0 radical (unpaired) electrons. The van der Waals surface area contributed by atoms with Crippen LogP contribution in [0.2, 0.25) is 0 Å². The lowest BCUT2D eigenvalue weighted by Crippen LogP contribution is -2.22. The molecule has 1 fully saturated rings. The van der Waals surface area contributed by atoms with E-state index in [4.69, 9.17) is 0 Å². The molecule has 0 N–H and O–H groups in total. The number of carbonyl (C=O) groups excluding carboxylic acids is 2. The lowest BCUT2D eigenvalue weighted by atomic mass is 10.1. The summed E-state index contributed by atoms with van der Waals surface area (Å²) in [5, 5.41) is 0. The fourth-order valence-electron chi connectivity index (χ4n) is 1.23. The van der Waals surface area contributed by atoms with Crippen LogP contribution in [0.1, 0.15) is 12.8 Å². The Bertz CT molecular complexity index is 156. The minimum Gasteiger partial charge on any atom is -0.345 e. The van der Waals surface area contributed by atoms with Gasteiger partial charge in [-0.3, -0.25) is 4.79 Å². The molecule has 1 saturated heterocycles. The SMILES string of the molecule is CN1CCC(CC=O)C1=O. The first-order chi connectivity index (χ1) is 4.75. The summed E-state index contributed by atoms with van der Waals surface area (Å²) in [7, 11) is 1.77. The summed E-state index contributed by atoms with van der Waals surface area (Å²) in [6, 6.07) is 0. The molecule has 0 aromatic rings. The Morgan fingerprint density at radius 3 is 2.90 bits per heavy atom. The Hall–Kier alpha value is -0.860. The molecule has 1 aliphatic rings. The van der Waals surface area contributed by atoms with Crippen molar-refractivity contribution in [1.82, 2.24) is 4.90 Å². The molecule has 0 spiro atoms. The predicted octanol–water partition coefficient (Wildman–Crippen LogP) is 0.0537. The normalized spacial score (nSPS) is 25.5. The Kier molecular flexibility index (Phi) is 2.04. The molecule has 1 unspecified atom stereocenters. The molecule has 0 aromatic carbocycles. The molecule has 1 atom stereocenters. The number of hydrogen-bond acceptors (Lipinski definition) is 2. The molecule has 3 heteroatoms. The largest absolute Gasteiger partial charge is 0.345 e. The van der Waals surface area contributed by atoms with E-state index in [9.17, 15) is 9.59 Å². The minimum absolute atomic E-state index is 0.0255. The van der Waals surface area contributed by atoms with Crippen LogP contribution >= 0.6 is 0 Å². The van der Waals surface area contributed by atoms with Gasteiger partial charge in [0.15, 0.2) is 0 Å². The van der Waals surface area contributed by atoms with E-state index in [1.54, 1.807) is 11.9 Å². The van der Waals surface area contributed by atoms with E-state index in [1.807, 2.05) is 0 Å². The third kappa shape index (κ3) is 1.17. The van der Waals surface area contributed by atoms with Gasteiger partial charge in [0.05, 0.1) is 0 Å². The molecule has 0 aromatic heterocycles. The van der Waals surface area contributed by atoms with Crippen LogP contribution in [0.4, 0.5) is 0 Å². The van der Waals surface area contributed by atoms with Crippen molar-refractivity contribution < 1.29 is 9.59 Å². The van der Waals surface area contributed by atoms with Crippen molar-refractivity contribution in [3.05, 3.63) is 0 Å². The standard InChI is InChI=1S/C7H11NO2/c1-8-4-2-6(3-5-9)7(8)10/h5-6H,2-4H2,1H3. The monoisotopic (exact) mass is 141 g/mol. The molecule has 1 heterocycles. The number of nitrogens with zero attached hydrogens (tertiary/aromatic N) is 1. The third-order valence-electron chi connectivity index (χ3n) is 1.92. The van der Waals surface area contributed by atoms with Crippen molar-refractivity contribution in [2.24, 2.45) is 5.92 Å². The van der Waals surface area contributed by atoms with E-state index in [1.165, 1.54) is 0 Å². The van der Waals surface area contributed by atoms with E-state index >= 15 is 0 Å². The highest BCUT2D eigenvalue weighted by Gasteiger charge is 2.27. The van der Waals surface area contributed by atoms with Gasteiger partial charge in [0.25, 0.3) is 0 Å². The van der Waals surface area contributed by atoms with Crippen LogP contribution in [0.5, 0.6) is 0 Å². The predicted molar refractivity (Wildman–Crippen MR) is 36.4 cm³/mol. The summed E-state index contributed by atoms with van der Waals surface area (Å²) < 4.78 is 0. The number of aldehydes is 1. The van der Waals surface area contributed by atoms with Crippen LogP contribution in [0.15, 0.2) is 0 Å². The molecule has 1 rings (SSSR count). The second-order valence-electron chi connectivity index (χ2n) is 2.65. The fraction of sp³-hybridized carbons (Fsp3) is 0.714. The second kappa shape index (κ2) is 2.82. The molecule has 0 saturated carbocycles. The number of likely N-dealkylation sites (tertiary alicyclic amines) is 1. The average Bonchev–Trinajstić information content (AvgIpc) is 2.20. The van der Waals surface area contributed by atoms with Crippen LogP contribution in [-0.2, 0) is 9.59 Å². The maximum absolute atomic E-state index is 11.1. The number of hydrogen-bond donors (Lipinski definition) is 0. The zero-order chi connectivity index (χ0) is 7.56. The number of amides is 1. The molecule has 56 valence electrons. The summed E-state index contributed by atoms with van der Waals surface area (Å²) in [5.74, 6) is 0.0922. The van der Waals surface area contributed by atoms with Crippen molar-refractivity contribution in [2.45, 2.75) is 12.8 Å². The van der Waals surface area contributed by atoms with Crippen LogP contribution in [-0.4, -0.2) is 30.7 Å². The van der Waals surface area contributed by atoms with Gasteiger partial charge < -0.3 is 9.69 Å². The zero-order valence-electron chi connectivity index (χ0n) is 6.04. The van der Waals surface area contributed by atoms with Gasteiger partial charge in [-0.15, -0.1) is 0 Å². The van der Waals surface area contributed by atoms with Gasteiger partial charge in [-0.25, -0.2) is 0 Å². The Balaban J connectivity index is 2.48. The van der Waals surface area contributed by atoms with Gasteiger partial charge >= 0.3 is 0 Å². The Labute approximate surface area is 60.0 Å². The van der Waals surface area contributed by atoms with Gasteiger partial charge in [0.1, 0.15) is 6.29 Å². The summed E-state index contributed by atoms with van der Waals surface area (Å²) in [5.41, 5.74) is 0. The molecular weight excluding hydrogens is 130 g/mol. The van der Waals surface area contributed by atoms with Gasteiger partial charge in [-0.1, -0.05) is 0 Å². The maximum Gasteiger partial charge on any atom is 0.225 e. The lowest BCUT2D eigenvalue weighted by Gasteiger charge is -2.06. The molecule has 0 bridgehead atoms. The molecule has 3 nitrogen and oxygen atoms in total. The van der Waals surface area contributed by atoms with E-state index in [0.29, 0.717) is 6.42 Å². The molecule has 1 aliphatic heterocycles. The minimum atomic E-state index is -0.0255. The van der Waals surface area contributed by atoms with E-state index in [0.717, 1.165) is 19.3 Å². The van der Waals surface area contributed by atoms with E-state index in [2.05, 4.69) is 0 Å². The van der Waals surface area contributed by atoms with Crippen molar-refractivity contribution in [3.63, 3.8) is 0 Å². The number of rotatable bonds is 2. The lowest BCUT2D eigenvalue weighted by molar-refractivity contribution is -0.131. The average molecular weight is 141 g/mol. The highest BCUT2D eigenvalue weighted by molar-refractivity contribution is 5.82. The van der Waals surface area contributed by atoms with Crippen molar-refractivity contribution >= 4 is 12.2 Å². The first-order valence-corrected chi connectivity index (χ1v) is 3.44. The first-order valence-electron chi connectivity index (χ1n) is 3.44. The summed E-state index contributed by atoms with van der Waals surface area (Å²) >= 11 is 0. The van der Waals surface area contributed by atoms with Crippen LogP contribution in [0.25, 0.3) is 0 Å². The van der Waals surface area contributed by atoms with Crippen molar-refractivity contribution in [1.29, 1.82) is 0 Å². The molecule has 10 heavy (non-hydrogen) atoms. The molecular formula is C7H11NO2. The van der Waals surface area contributed by atoms with Gasteiger partial charge in [0.2, 0.25) is 5.91 Å². The zero-order valence-corrected chi connectivity index (χ0v) is 6.04. The van der Waals surface area contributed by atoms with Crippen molar-refractivity contribution in [3.8, 4) is 0 Å².